The SMILES string of the molecule is CCC(=O)C(C)C(CC1OC(CC)=C(C)C(=O)C1C)OC(=O)C(C)CC. The Bertz CT molecular complexity index is 563. The molecular weight excluding hydrogens is 332 g/mol. The molecule has 0 bridgehead atoms. The van der Waals surface area contributed by atoms with Gasteiger partial charge >= 0.3 is 5.97 Å². The largest absolute Gasteiger partial charge is 0.493 e. The lowest BCUT2D eigenvalue weighted by Gasteiger charge is -2.35. The number of carbonyl (C=O) groups excluding carboxylic acids is 3. The topological polar surface area (TPSA) is 69.7 Å². The quantitative estimate of drug-likeness (QED) is 0.571. The van der Waals surface area contributed by atoms with Crippen molar-refractivity contribution in [1.82, 2.24) is 0 Å². The number of rotatable bonds is 9. The molecule has 0 aromatic carbocycles. The lowest BCUT2D eigenvalue weighted by Crippen LogP contribution is -2.41. The molecular formula is C21H34O5. The van der Waals surface area contributed by atoms with E-state index >= 15 is 0 Å². The Balaban J connectivity index is 3.02. The van der Waals surface area contributed by atoms with E-state index in [2.05, 4.69) is 0 Å². The van der Waals surface area contributed by atoms with E-state index in [-0.39, 0.29) is 35.5 Å². The third-order valence-corrected chi connectivity index (χ3v) is 5.53. The first-order valence-corrected chi connectivity index (χ1v) is 9.81. The maximum absolute atomic E-state index is 12.5. The van der Waals surface area contributed by atoms with Gasteiger partial charge in [-0.1, -0.05) is 41.5 Å². The number of hydrogen-bond donors (Lipinski definition) is 0. The van der Waals surface area contributed by atoms with Crippen molar-refractivity contribution >= 4 is 17.5 Å². The van der Waals surface area contributed by atoms with E-state index in [9.17, 15) is 14.4 Å². The van der Waals surface area contributed by atoms with Crippen LogP contribution in [0.2, 0.25) is 0 Å². The van der Waals surface area contributed by atoms with E-state index in [0.717, 1.165) is 0 Å². The predicted octanol–water partition coefficient (Wildman–Crippen LogP) is 4.24. The molecule has 0 fully saturated rings. The first kappa shape index (κ1) is 22.4. The molecule has 0 aromatic heterocycles. The minimum atomic E-state index is -0.583. The van der Waals surface area contributed by atoms with Gasteiger partial charge in [0, 0.05) is 24.8 Å². The Morgan fingerprint density at radius 3 is 2.31 bits per heavy atom. The van der Waals surface area contributed by atoms with Gasteiger partial charge in [0.05, 0.1) is 17.8 Å². The van der Waals surface area contributed by atoms with Crippen molar-refractivity contribution < 1.29 is 23.9 Å². The van der Waals surface area contributed by atoms with Crippen molar-refractivity contribution in [3.63, 3.8) is 0 Å². The van der Waals surface area contributed by atoms with Crippen LogP contribution in [0.1, 0.15) is 74.1 Å². The predicted molar refractivity (Wildman–Crippen MR) is 100 cm³/mol. The van der Waals surface area contributed by atoms with E-state index in [1.165, 1.54) is 0 Å². The number of ketones is 2. The van der Waals surface area contributed by atoms with Gasteiger partial charge in [0.2, 0.25) is 0 Å². The van der Waals surface area contributed by atoms with Crippen molar-refractivity contribution in [2.75, 3.05) is 0 Å². The average Bonchev–Trinajstić information content (AvgIpc) is 2.65. The molecule has 26 heavy (non-hydrogen) atoms. The summed E-state index contributed by atoms with van der Waals surface area (Å²) in [6, 6.07) is 0. The molecule has 148 valence electrons. The molecule has 0 radical (unpaired) electrons. The van der Waals surface area contributed by atoms with Crippen LogP contribution in [0.15, 0.2) is 11.3 Å². The number of carbonyl (C=O) groups is 3. The maximum atomic E-state index is 12.5. The minimum Gasteiger partial charge on any atom is -0.493 e. The maximum Gasteiger partial charge on any atom is 0.308 e. The molecule has 0 amide bonds. The van der Waals surface area contributed by atoms with Gasteiger partial charge in [-0.2, -0.15) is 0 Å². The van der Waals surface area contributed by atoms with Gasteiger partial charge in [-0.05, 0) is 13.3 Å². The van der Waals surface area contributed by atoms with Crippen molar-refractivity contribution in [1.29, 1.82) is 0 Å². The van der Waals surface area contributed by atoms with E-state index in [4.69, 9.17) is 9.47 Å². The summed E-state index contributed by atoms with van der Waals surface area (Å²) in [4.78, 5) is 37.0. The normalized spacial score (nSPS) is 23.9. The molecule has 5 atom stereocenters. The molecule has 0 aromatic rings. The molecule has 0 saturated heterocycles. The Morgan fingerprint density at radius 2 is 1.81 bits per heavy atom. The van der Waals surface area contributed by atoms with Crippen LogP contribution in [-0.4, -0.2) is 29.7 Å². The van der Waals surface area contributed by atoms with Crippen LogP contribution in [-0.2, 0) is 23.9 Å². The molecule has 1 rings (SSSR count). The number of hydrogen-bond acceptors (Lipinski definition) is 5. The number of esters is 1. The molecule has 0 saturated carbocycles. The van der Waals surface area contributed by atoms with Crippen LogP contribution in [0.3, 0.4) is 0 Å². The molecule has 0 aliphatic carbocycles. The highest BCUT2D eigenvalue weighted by Gasteiger charge is 2.38. The smallest absolute Gasteiger partial charge is 0.308 e. The summed E-state index contributed by atoms with van der Waals surface area (Å²) in [6.45, 7) is 12.9. The van der Waals surface area contributed by atoms with Gasteiger partial charge in [0.15, 0.2) is 5.78 Å². The lowest BCUT2D eigenvalue weighted by molar-refractivity contribution is -0.160. The molecule has 1 heterocycles. The van der Waals surface area contributed by atoms with Gasteiger partial charge in [-0.15, -0.1) is 0 Å². The Kier molecular flexibility index (Phi) is 8.51. The van der Waals surface area contributed by atoms with Gasteiger partial charge in [-0.25, -0.2) is 0 Å². The molecule has 0 N–H and O–H groups in total. The number of allylic oxidation sites excluding steroid dienone is 2. The average molecular weight is 366 g/mol. The monoisotopic (exact) mass is 366 g/mol. The summed E-state index contributed by atoms with van der Waals surface area (Å²) < 4.78 is 11.8. The summed E-state index contributed by atoms with van der Waals surface area (Å²) >= 11 is 0. The van der Waals surface area contributed by atoms with Crippen molar-refractivity contribution in [3.8, 4) is 0 Å². The van der Waals surface area contributed by atoms with Gasteiger partial charge in [0.1, 0.15) is 23.8 Å². The zero-order valence-electron chi connectivity index (χ0n) is 17.3. The van der Waals surface area contributed by atoms with Gasteiger partial charge < -0.3 is 9.47 Å². The molecule has 0 spiro atoms. The van der Waals surface area contributed by atoms with Crippen LogP contribution < -0.4 is 0 Å². The van der Waals surface area contributed by atoms with Crippen molar-refractivity contribution in [2.45, 2.75) is 86.4 Å². The summed E-state index contributed by atoms with van der Waals surface area (Å²) in [6.07, 6.45) is 1.08. The zero-order valence-corrected chi connectivity index (χ0v) is 17.3. The van der Waals surface area contributed by atoms with Gasteiger partial charge in [0.25, 0.3) is 0 Å². The standard InChI is InChI=1S/C21H34O5/c1-8-12(4)21(24)26-18(13(5)16(22)9-2)11-19-15(7)20(23)14(6)17(10-3)25-19/h12-13,15,18-19H,8-11H2,1-7H3. The Morgan fingerprint density at radius 1 is 1.19 bits per heavy atom. The Labute approximate surface area is 157 Å². The van der Waals surface area contributed by atoms with Crippen molar-refractivity contribution in [2.24, 2.45) is 17.8 Å². The second-order valence-electron chi connectivity index (χ2n) is 7.34. The fourth-order valence-electron chi connectivity index (χ4n) is 3.17. The van der Waals surface area contributed by atoms with E-state index in [1.807, 2.05) is 27.7 Å². The molecule has 1 aliphatic rings. The van der Waals surface area contributed by atoms with Gasteiger partial charge in [-0.3, -0.25) is 14.4 Å². The molecule has 5 heteroatoms. The first-order valence-electron chi connectivity index (χ1n) is 9.81. The summed E-state index contributed by atoms with van der Waals surface area (Å²) in [5.41, 5.74) is 0.669. The second-order valence-corrected chi connectivity index (χ2v) is 7.34. The summed E-state index contributed by atoms with van der Waals surface area (Å²) in [7, 11) is 0. The van der Waals surface area contributed by atoms with E-state index in [1.54, 1.807) is 20.8 Å². The van der Waals surface area contributed by atoms with Crippen LogP contribution in [0.25, 0.3) is 0 Å². The number of ether oxygens (including phenoxy) is 2. The van der Waals surface area contributed by atoms with E-state index < -0.39 is 12.0 Å². The highest BCUT2D eigenvalue weighted by molar-refractivity contribution is 5.97. The van der Waals surface area contributed by atoms with Crippen LogP contribution in [0, 0.1) is 17.8 Å². The molecule has 5 nitrogen and oxygen atoms in total. The number of Topliss-reactive ketones (excluding diaryl/α,β-unsaturated/α-hetero) is 2. The fraction of sp³-hybridized carbons (Fsp3) is 0.762. The minimum absolute atomic E-state index is 0.0455. The summed E-state index contributed by atoms with van der Waals surface area (Å²) in [5, 5.41) is 0. The highest BCUT2D eigenvalue weighted by atomic mass is 16.5. The molecule has 1 aliphatic heterocycles. The fourth-order valence-corrected chi connectivity index (χ4v) is 3.17. The third kappa shape index (κ3) is 5.18. The van der Waals surface area contributed by atoms with Crippen LogP contribution in [0.4, 0.5) is 0 Å². The molecule has 5 unspecified atom stereocenters. The van der Waals surface area contributed by atoms with Crippen molar-refractivity contribution in [3.05, 3.63) is 11.3 Å². The second kappa shape index (κ2) is 9.89. The zero-order chi connectivity index (χ0) is 20.0. The first-order chi connectivity index (χ1) is 12.2. The van der Waals surface area contributed by atoms with E-state index in [0.29, 0.717) is 37.0 Å². The van der Waals surface area contributed by atoms with Crippen LogP contribution >= 0.6 is 0 Å². The third-order valence-electron chi connectivity index (χ3n) is 5.53. The Hall–Kier alpha value is -1.65. The summed E-state index contributed by atoms with van der Waals surface area (Å²) in [5.74, 6) is -0.454. The van der Waals surface area contributed by atoms with Crippen LogP contribution in [0.5, 0.6) is 0 Å². The lowest BCUT2D eigenvalue weighted by atomic mass is 9.85. The highest BCUT2D eigenvalue weighted by Crippen LogP contribution is 2.32.